The highest BCUT2D eigenvalue weighted by molar-refractivity contribution is 6.08. The maximum Gasteiger partial charge on any atom is 0.0880 e. The number of methoxy groups -OCH3 is 1. The summed E-state index contributed by atoms with van der Waals surface area (Å²) in [6.07, 6.45) is 2.09. The SMILES string of the molecule is [B]Cc1ccc(NC)cc1COC/C(N)=C/N(N)CCOCCOCCOCCOCCOCCOCCOCCOC. The van der Waals surface area contributed by atoms with E-state index in [9.17, 15) is 0 Å². The first-order valence-electron chi connectivity index (χ1n) is 14.7. The summed E-state index contributed by atoms with van der Waals surface area (Å²) in [5, 5.41) is 4.59. The zero-order valence-corrected chi connectivity index (χ0v) is 26.1. The van der Waals surface area contributed by atoms with Gasteiger partial charge in [-0.1, -0.05) is 17.9 Å². The topological polar surface area (TPSA) is 150 Å². The minimum absolute atomic E-state index is 0.252. The summed E-state index contributed by atoms with van der Waals surface area (Å²) in [6, 6.07) is 5.99. The number of nitrogens with one attached hydrogen (secondary N) is 1. The molecule has 0 aliphatic heterocycles. The number of ether oxygens (including phenoxy) is 9. The van der Waals surface area contributed by atoms with E-state index >= 15 is 0 Å². The van der Waals surface area contributed by atoms with Crippen LogP contribution >= 0.6 is 0 Å². The van der Waals surface area contributed by atoms with Gasteiger partial charge in [-0.15, -0.1) is 0 Å². The number of benzene rings is 1. The van der Waals surface area contributed by atoms with E-state index in [1.54, 1.807) is 13.3 Å². The molecule has 13 nitrogen and oxygen atoms in total. The Hall–Kier alpha value is -1.98. The lowest BCUT2D eigenvalue weighted by Gasteiger charge is -2.16. The lowest BCUT2D eigenvalue weighted by atomic mass is 9.93. The molecule has 0 atom stereocenters. The molecule has 0 amide bonds. The van der Waals surface area contributed by atoms with Crippen molar-refractivity contribution in [3.8, 4) is 0 Å². The molecule has 43 heavy (non-hydrogen) atoms. The summed E-state index contributed by atoms with van der Waals surface area (Å²) < 4.78 is 48.8. The lowest BCUT2D eigenvalue weighted by Crippen LogP contribution is -2.31. The number of hydrogen-bond acceptors (Lipinski definition) is 13. The maximum absolute atomic E-state index is 6.03. The van der Waals surface area contributed by atoms with Crippen LogP contribution in [0.4, 0.5) is 5.69 Å². The van der Waals surface area contributed by atoms with Crippen molar-refractivity contribution in [3.63, 3.8) is 0 Å². The summed E-state index contributed by atoms with van der Waals surface area (Å²) in [4.78, 5) is 0. The summed E-state index contributed by atoms with van der Waals surface area (Å²) in [5.41, 5.74) is 9.61. The molecule has 0 fully saturated rings. The van der Waals surface area contributed by atoms with Gasteiger partial charge in [0.1, 0.15) is 0 Å². The second-order valence-corrected chi connectivity index (χ2v) is 9.15. The van der Waals surface area contributed by atoms with Crippen LogP contribution in [-0.2, 0) is 55.6 Å². The minimum Gasteiger partial charge on any atom is -0.399 e. The molecule has 14 heteroatoms. The van der Waals surface area contributed by atoms with E-state index in [0.29, 0.717) is 124 Å². The summed E-state index contributed by atoms with van der Waals surface area (Å²) in [6.45, 7) is 8.82. The van der Waals surface area contributed by atoms with Crippen molar-refractivity contribution < 1.29 is 42.6 Å². The van der Waals surface area contributed by atoms with Crippen LogP contribution in [0.25, 0.3) is 0 Å². The van der Waals surface area contributed by atoms with E-state index in [1.165, 1.54) is 5.01 Å². The Labute approximate surface area is 258 Å². The molecule has 1 aromatic carbocycles. The Bertz CT molecular complexity index is 811. The van der Waals surface area contributed by atoms with Gasteiger partial charge in [0.2, 0.25) is 0 Å². The molecule has 1 aromatic rings. The van der Waals surface area contributed by atoms with Crippen molar-refractivity contribution in [2.45, 2.75) is 12.9 Å². The van der Waals surface area contributed by atoms with E-state index in [1.807, 2.05) is 25.2 Å². The van der Waals surface area contributed by atoms with Gasteiger partial charge in [-0.05, 0) is 17.7 Å². The Morgan fingerprint density at radius 1 is 0.721 bits per heavy atom. The third kappa shape index (κ3) is 23.1. The number of nitrogens with zero attached hydrogens (tertiary/aromatic N) is 1. The quantitative estimate of drug-likeness (QED) is 0.0467. The van der Waals surface area contributed by atoms with Crippen LogP contribution < -0.4 is 16.9 Å². The van der Waals surface area contributed by atoms with E-state index in [4.69, 9.17) is 62.1 Å². The Morgan fingerprint density at radius 2 is 1.19 bits per heavy atom. The number of nitrogens with two attached hydrogens (primary N) is 2. The molecular weight excluding hydrogens is 559 g/mol. The third-order valence-electron chi connectivity index (χ3n) is 5.73. The van der Waals surface area contributed by atoms with Crippen LogP contribution in [-0.4, -0.2) is 139 Å². The molecule has 1 rings (SSSR count). The number of anilines is 1. The average molecular weight is 613 g/mol. The van der Waals surface area contributed by atoms with Gasteiger partial charge >= 0.3 is 0 Å². The zero-order chi connectivity index (χ0) is 31.2. The normalized spacial score (nSPS) is 11.7. The number of hydrazine groups is 1. The minimum atomic E-state index is 0.252. The fraction of sp³-hybridized carbons (Fsp3) is 0.724. The predicted octanol–water partition coefficient (Wildman–Crippen LogP) is 0.652. The smallest absolute Gasteiger partial charge is 0.0880 e. The van der Waals surface area contributed by atoms with Gasteiger partial charge in [0.05, 0.1) is 132 Å². The Balaban J connectivity index is 1.86. The molecule has 5 N–H and O–H groups in total. The molecule has 2 radical (unpaired) electrons. The van der Waals surface area contributed by atoms with Crippen molar-refractivity contribution in [3.05, 3.63) is 41.2 Å². The summed E-state index contributed by atoms with van der Waals surface area (Å²) >= 11 is 0. The van der Waals surface area contributed by atoms with Gasteiger partial charge in [0, 0.05) is 26.0 Å². The van der Waals surface area contributed by atoms with Gasteiger partial charge in [-0.25, -0.2) is 5.84 Å². The second-order valence-electron chi connectivity index (χ2n) is 9.15. The molecular formula is C29H53BN4O9. The van der Waals surface area contributed by atoms with Crippen LogP contribution in [0.5, 0.6) is 0 Å². The Kier molecular flexibility index (Phi) is 26.1. The molecule has 0 aliphatic rings. The Morgan fingerprint density at radius 3 is 1.63 bits per heavy atom. The van der Waals surface area contributed by atoms with Crippen LogP contribution in [0.3, 0.4) is 0 Å². The van der Waals surface area contributed by atoms with E-state index in [-0.39, 0.29) is 6.61 Å². The lowest BCUT2D eigenvalue weighted by molar-refractivity contribution is -0.0223. The number of hydrogen-bond donors (Lipinski definition) is 3. The molecule has 0 bridgehead atoms. The average Bonchev–Trinajstić information content (AvgIpc) is 3.01. The standard InChI is InChI=1S/C29H53BN4O9/c1-33-29-4-3-26(22-30)27(21-29)24-43-25-28(31)23-34(32)5-6-36-9-10-38-13-14-40-17-18-42-20-19-41-16-15-39-12-11-37-8-7-35-2/h3-4,21,23,33H,5-20,22,24-25,31-32H2,1-2H3/b28-23-. The molecule has 0 spiro atoms. The van der Waals surface area contributed by atoms with Gasteiger partial charge in [-0.3, -0.25) is 0 Å². The van der Waals surface area contributed by atoms with Gasteiger partial charge in [0.25, 0.3) is 0 Å². The van der Waals surface area contributed by atoms with Crippen LogP contribution in [0, 0.1) is 0 Å². The number of rotatable bonds is 31. The van der Waals surface area contributed by atoms with Crippen molar-refractivity contribution in [1.29, 1.82) is 0 Å². The van der Waals surface area contributed by atoms with E-state index < -0.39 is 0 Å². The molecule has 0 heterocycles. The fourth-order valence-corrected chi connectivity index (χ4v) is 3.44. The summed E-state index contributed by atoms with van der Waals surface area (Å²) in [7, 11) is 9.33. The van der Waals surface area contributed by atoms with Crippen LogP contribution in [0.2, 0.25) is 0 Å². The highest BCUT2D eigenvalue weighted by Gasteiger charge is 2.04. The molecule has 0 unspecified atom stereocenters. The van der Waals surface area contributed by atoms with Crippen molar-refractivity contribution in [2.75, 3.05) is 132 Å². The van der Waals surface area contributed by atoms with Gasteiger partial charge in [-0.2, -0.15) is 0 Å². The second kappa shape index (κ2) is 28.8. The molecule has 0 aromatic heterocycles. The molecule has 246 valence electrons. The van der Waals surface area contributed by atoms with E-state index in [0.717, 1.165) is 16.8 Å². The largest absolute Gasteiger partial charge is 0.399 e. The van der Waals surface area contributed by atoms with Crippen molar-refractivity contribution in [1.82, 2.24) is 5.01 Å². The third-order valence-corrected chi connectivity index (χ3v) is 5.73. The predicted molar refractivity (Wildman–Crippen MR) is 166 cm³/mol. The molecule has 0 aliphatic carbocycles. The maximum atomic E-state index is 6.03. The highest BCUT2D eigenvalue weighted by atomic mass is 16.6. The van der Waals surface area contributed by atoms with Crippen molar-refractivity contribution in [2.24, 2.45) is 11.6 Å². The fourth-order valence-electron chi connectivity index (χ4n) is 3.44. The van der Waals surface area contributed by atoms with E-state index in [2.05, 4.69) is 5.32 Å². The highest BCUT2D eigenvalue weighted by Crippen LogP contribution is 2.17. The summed E-state index contributed by atoms with van der Waals surface area (Å²) in [5.74, 6) is 5.97. The first-order chi connectivity index (χ1) is 21.1. The molecule has 0 saturated heterocycles. The zero-order valence-electron chi connectivity index (χ0n) is 26.1. The van der Waals surface area contributed by atoms with Crippen LogP contribution in [0.1, 0.15) is 11.1 Å². The first kappa shape index (κ1) is 39.0. The van der Waals surface area contributed by atoms with Gasteiger partial charge < -0.3 is 58.7 Å². The van der Waals surface area contributed by atoms with Crippen LogP contribution in [0.15, 0.2) is 30.1 Å². The van der Waals surface area contributed by atoms with Gasteiger partial charge in [0.15, 0.2) is 0 Å². The monoisotopic (exact) mass is 612 g/mol. The molecule has 0 saturated carbocycles. The first-order valence-corrected chi connectivity index (χ1v) is 14.7. The van der Waals surface area contributed by atoms with Crippen molar-refractivity contribution >= 4 is 13.5 Å².